The molecule has 3 aromatic rings. The van der Waals surface area contributed by atoms with Crippen LogP contribution in [0.4, 0.5) is 0 Å². The van der Waals surface area contributed by atoms with Crippen LogP contribution in [-0.2, 0) is 10.3 Å². The van der Waals surface area contributed by atoms with Gasteiger partial charge in [-0.1, -0.05) is 108 Å². The molecular weight excluding hydrogens is 391 g/mol. The molecule has 3 atom stereocenters. The Morgan fingerprint density at radius 1 is 0.750 bits per heavy atom. The van der Waals surface area contributed by atoms with Crippen molar-refractivity contribution in [1.29, 1.82) is 0 Å². The molecule has 0 unspecified atom stereocenters. The molecule has 0 aromatic heterocycles. The third kappa shape index (κ3) is 2.35. The summed E-state index contributed by atoms with van der Waals surface area (Å²) in [5.74, 6) is -0.363. The van der Waals surface area contributed by atoms with E-state index in [1.165, 1.54) is 0 Å². The summed E-state index contributed by atoms with van der Waals surface area (Å²) in [5.41, 5.74) is 2.51. The second-order valence-electron chi connectivity index (χ2n) is 7.08. The minimum atomic E-state index is -0.967. The molecule has 0 N–H and O–H groups in total. The van der Waals surface area contributed by atoms with Crippen molar-refractivity contribution in [2.45, 2.75) is 17.6 Å². The molecule has 2 nitrogen and oxygen atoms in total. The average molecular weight is 407 g/mol. The van der Waals surface area contributed by atoms with E-state index in [0.29, 0.717) is 5.56 Å². The summed E-state index contributed by atoms with van der Waals surface area (Å²) in [6, 6.07) is 27.6. The van der Waals surface area contributed by atoms with Crippen molar-refractivity contribution < 1.29 is 9.53 Å². The standard InChI is InChI=1S/C24H16Cl2O2/c25-20-21(27)17-13-7-8-14-18(17)24(23(20)26)19(15-9-3-1-4-10-15)22(28-24)16-11-5-2-6-12-16/h1-14,19,22H/t19-,22-,24+/m1/s1. The summed E-state index contributed by atoms with van der Waals surface area (Å²) in [4.78, 5) is 12.7. The van der Waals surface area contributed by atoms with Gasteiger partial charge < -0.3 is 4.74 Å². The Bertz CT molecular complexity index is 1090. The Balaban J connectivity index is 1.75. The number of hydrogen-bond acceptors (Lipinski definition) is 2. The first-order valence-corrected chi connectivity index (χ1v) is 9.88. The quantitative estimate of drug-likeness (QED) is 0.497. The van der Waals surface area contributed by atoms with Gasteiger partial charge in [0.2, 0.25) is 5.78 Å². The van der Waals surface area contributed by atoms with Crippen molar-refractivity contribution in [3.8, 4) is 0 Å². The molecule has 1 fully saturated rings. The van der Waals surface area contributed by atoms with E-state index in [0.717, 1.165) is 16.7 Å². The number of Topliss-reactive ketones (excluding diaryl/α,β-unsaturated/α-hetero) is 1. The lowest BCUT2D eigenvalue weighted by Gasteiger charge is -2.57. The molecule has 0 saturated carbocycles. The van der Waals surface area contributed by atoms with Crippen molar-refractivity contribution in [1.82, 2.24) is 0 Å². The number of hydrogen-bond donors (Lipinski definition) is 0. The van der Waals surface area contributed by atoms with Gasteiger partial charge in [-0.3, -0.25) is 4.79 Å². The first kappa shape index (κ1) is 17.7. The summed E-state index contributed by atoms with van der Waals surface area (Å²) in [5, 5.41) is 0.298. The predicted octanol–water partition coefficient (Wildman–Crippen LogP) is 6.32. The summed E-state index contributed by atoms with van der Waals surface area (Å²) in [6.07, 6.45) is -0.192. The number of benzene rings is 3. The molecule has 0 radical (unpaired) electrons. The lowest BCUT2D eigenvalue weighted by atomic mass is 9.64. The number of rotatable bonds is 2. The van der Waals surface area contributed by atoms with Gasteiger partial charge in [-0.2, -0.15) is 0 Å². The van der Waals surface area contributed by atoms with E-state index in [4.69, 9.17) is 27.9 Å². The fourth-order valence-corrected chi connectivity index (χ4v) is 4.97. The normalized spacial score (nSPS) is 26.1. The highest BCUT2D eigenvalue weighted by molar-refractivity contribution is 6.51. The van der Waals surface area contributed by atoms with Crippen LogP contribution < -0.4 is 0 Å². The van der Waals surface area contributed by atoms with Crippen molar-refractivity contribution in [2.24, 2.45) is 0 Å². The molecule has 0 bridgehead atoms. The lowest BCUT2D eigenvalue weighted by Crippen LogP contribution is -2.54. The van der Waals surface area contributed by atoms with E-state index in [9.17, 15) is 4.79 Å². The van der Waals surface area contributed by atoms with Crippen LogP contribution in [0.3, 0.4) is 0 Å². The molecule has 1 aliphatic carbocycles. The average Bonchev–Trinajstić information content (AvgIpc) is 2.73. The lowest BCUT2D eigenvalue weighted by molar-refractivity contribution is -0.215. The van der Waals surface area contributed by atoms with E-state index < -0.39 is 5.60 Å². The summed E-state index contributed by atoms with van der Waals surface area (Å²) >= 11 is 13.2. The van der Waals surface area contributed by atoms with E-state index >= 15 is 0 Å². The maximum atomic E-state index is 12.7. The molecule has 1 spiro atoms. The maximum absolute atomic E-state index is 12.7. The Kier molecular flexibility index (Phi) is 4.17. The van der Waals surface area contributed by atoms with Gasteiger partial charge in [0.15, 0.2) is 0 Å². The fourth-order valence-electron chi connectivity index (χ4n) is 4.38. The second-order valence-corrected chi connectivity index (χ2v) is 7.83. The van der Waals surface area contributed by atoms with Gasteiger partial charge in [0.25, 0.3) is 0 Å². The molecular formula is C24H16Cl2O2. The van der Waals surface area contributed by atoms with Crippen molar-refractivity contribution in [3.05, 3.63) is 117 Å². The molecule has 138 valence electrons. The summed E-state index contributed by atoms with van der Waals surface area (Å²) < 4.78 is 6.55. The van der Waals surface area contributed by atoms with Gasteiger partial charge in [0.1, 0.15) is 10.6 Å². The van der Waals surface area contributed by atoms with Crippen LogP contribution in [0.25, 0.3) is 0 Å². The third-order valence-corrected chi connectivity index (χ3v) is 6.56. The number of ether oxygens (including phenoxy) is 1. The highest BCUT2D eigenvalue weighted by Gasteiger charge is 2.62. The number of allylic oxidation sites excluding steroid dienone is 1. The van der Waals surface area contributed by atoms with Crippen LogP contribution in [0.15, 0.2) is 95.0 Å². The van der Waals surface area contributed by atoms with E-state index in [-0.39, 0.29) is 27.9 Å². The number of ketones is 1. The largest absolute Gasteiger partial charge is 0.355 e. The Morgan fingerprint density at radius 2 is 1.32 bits per heavy atom. The van der Waals surface area contributed by atoms with Gasteiger partial charge in [-0.05, 0) is 11.1 Å². The van der Waals surface area contributed by atoms with E-state index in [2.05, 4.69) is 12.1 Å². The Hall–Kier alpha value is -2.39. The van der Waals surface area contributed by atoms with E-state index in [1.807, 2.05) is 66.7 Å². The molecule has 0 amide bonds. The SMILES string of the molecule is O=C1C(Cl)=C(Cl)[C@]2(O[C@H](c3ccccc3)[C@H]2c2ccccc2)c2ccccc21. The molecule has 3 aromatic carbocycles. The maximum Gasteiger partial charge on any atom is 0.206 e. The highest BCUT2D eigenvalue weighted by atomic mass is 35.5. The van der Waals surface area contributed by atoms with Crippen LogP contribution in [0.1, 0.15) is 39.1 Å². The van der Waals surface area contributed by atoms with Gasteiger partial charge in [-0.15, -0.1) is 0 Å². The Labute approximate surface area is 173 Å². The van der Waals surface area contributed by atoms with Crippen molar-refractivity contribution >= 4 is 29.0 Å². The minimum absolute atomic E-state index is 0.0350. The first-order chi connectivity index (χ1) is 13.6. The van der Waals surface area contributed by atoms with E-state index in [1.54, 1.807) is 6.07 Å². The topological polar surface area (TPSA) is 26.3 Å². The van der Waals surface area contributed by atoms with Gasteiger partial charge in [-0.25, -0.2) is 0 Å². The zero-order chi connectivity index (χ0) is 19.3. The monoisotopic (exact) mass is 406 g/mol. The van der Waals surface area contributed by atoms with Gasteiger partial charge in [0, 0.05) is 11.1 Å². The third-order valence-electron chi connectivity index (χ3n) is 5.63. The van der Waals surface area contributed by atoms with Gasteiger partial charge in [0.05, 0.1) is 17.1 Å². The fraction of sp³-hybridized carbons (Fsp3) is 0.125. The molecule has 1 saturated heterocycles. The van der Waals surface area contributed by atoms with Crippen LogP contribution in [0, 0.1) is 0 Å². The molecule has 1 aliphatic heterocycles. The zero-order valence-electron chi connectivity index (χ0n) is 14.8. The van der Waals surface area contributed by atoms with Crippen molar-refractivity contribution in [3.63, 3.8) is 0 Å². The highest BCUT2D eigenvalue weighted by Crippen LogP contribution is 2.66. The molecule has 1 heterocycles. The Morgan fingerprint density at radius 3 is 2.00 bits per heavy atom. The number of carbonyl (C=O) groups is 1. The van der Waals surface area contributed by atoms with Crippen LogP contribution in [0.5, 0.6) is 0 Å². The minimum Gasteiger partial charge on any atom is -0.355 e. The van der Waals surface area contributed by atoms with Crippen LogP contribution in [-0.4, -0.2) is 5.78 Å². The van der Waals surface area contributed by atoms with Crippen molar-refractivity contribution in [2.75, 3.05) is 0 Å². The molecule has 5 rings (SSSR count). The number of fused-ring (bicyclic) bond motifs is 2. The summed E-state index contributed by atoms with van der Waals surface area (Å²) in [6.45, 7) is 0. The first-order valence-electron chi connectivity index (χ1n) is 9.12. The zero-order valence-corrected chi connectivity index (χ0v) is 16.3. The molecule has 28 heavy (non-hydrogen) atoms. The number of carbonyl (C=O) groups excluding carboxylic acids is 1. The number of halogens is 2. The summed E-state index contributed by atoms with van der Waals surface area (Å²) in [7, 11) is 0. The predicted molar refractivity (Wildman–Crippen MR) is 111 cm³/mol. The van der Waals surface area contributed by atoms with Crippen LogP contribution in [0.2, 0.25) is 0 Å². The molecule has 2 aliphatic rings. The molecule has 4 heteroatoms. The second kappa shape index (κ2) is 6.59. The van der Waals surface area contributed by atoms with Gasteiger partial charge >= 0.3 is 0 Å². The smallest absolute Gasteiger partial charge is 0.206 e. The van der Waals surface area contributed by atoms with Crippen LogP contribution >= 0.6 is 23.2 Å².